The Labute approximate surface area is 138 Å². The molecule has 0 aliphatic heterocycles. The van der Waals surface area contributed by atoms with E-state index in [1.807, 2.05) is 42.8 Å². The predicted molar refractivity (Wildman–Crippen MR) is 92.0 cm³/mol. The van der Waals surface area contributed by atoms with Gasteiger partial charge in [0.1, 0.15) is 17.4 Å². The number of hydrogen-bond acceptors (Lipinski definition) is 3. The van der Waals surface area contributed by atoms with Gasteiger partial charge in [0.15, 0.2) is 0 Å². The molecule has 0 aliphatic rings. The van der Waals surface area contributed by atoms with Gasteiger partial charge >= 0.3 is 0 Å². The zero-order chi connectivity index (χ0) is 16.0. The minimum absolute atomic E-state index is 0.684. The van der Waals surface area contributed by atoms with E-state index in [0.29, 0.717) is 5.02 Å². The van der Waals surface area contributed by atoms with Crippen LogP contribution in [0.25, 0.3) is 21.9 Å². The molecule has 0 bridgehead atoms. The fourth-order valence-electron chi connectivity index (χ4n) is 2.68. The van der Waals surface area contributed by atoms with E-state index in [2.05, 4.69) is 27.5 Å². The zero-order valence-electron chi connectivity index (χ0n) is 12.8. The van der Waals surface area contributed by atoms with Crippen LogP contribution in [0.15, 0.2) is 42.9 Å². The van der Waals surface area contributed by atoms with Crippen LogP contribution in [-0.2, 0) is 7.05 Å². The molecular weight excluding hydrogens is 310 g/mol. The number of fused-ring (bicyclic) bond motifs is 2. The number of H-pyrrole nitrogens is 1. The maximum atomic E-state index is 6.09. The fraction of sp³-hybridized carbons (Fsp3) is 0.118. The average molecular weight is 325 g/mol. The highest BCUT2D eigenvalue weighted by Gasteiger charge is 2.18. The number of benzene rings is 2. The standard InChI is InChI=1S/C17H14ClN5/c1-10-21-15-11(8-23(10)2)6-14-16(20-9-19-14)17(15)22-13-5-3-4-12(18)7-13/h3-9,22H,1-2H3/p+1. The number of aromatic nitrogens is 4. The average Bonchev–Trinajstić information content (AvgIpc) is 2.97. The highest BCUT2D eigenvalue weighted by Crippen LogP contribution is 2.32. The highest BCUT2D eigenvalue weighted by atomic mass is 35.5. The third-order valence-electron chi connectivity index (χ3n) is 3.93. The lowest BCUT2D eigenvalue weighted by molar-refractivity contribution is -0.679. The second-order valence-corrected chi connectivity index (χ2v) is 5.96. The number of rotatable bonds is 2. The topological polar surface area (TPSA) is 57.5 Å². The molecule has 114 valence electrons. The molecule has 0 fully saturated rings. The summed E-state index contributed by atoms with van der Waals surface area (Å²) < 4.78 is 2.01. The second kappa shape index (κ2) is 5.21. The number of nitrogens with one attached hydrogen (secondary N) is 2. The Morgan fingerprint density at radius 3 is 2.91 bits per heavy atom. The zero-order valence-corrected chi connectivity index (χ0v) is 13.5. The van der Waals surface area contributed by atoms with Crippen molar-refractivity contribution in [3.63, 3.8) is 0 Å². The summed E-state index contributed by atoms with van der Waals surface area (Å²) in [5.41, 5.74) is 4.50. The molecule has 2 aromatic carbocycles. The van der Waals surface area contributed by atoms with E-state index < -0.39 is 0 Å². The summed E-state index contributed by atoms with van der Waals surface area (Å²) in [5.74, 6) is 0.932. The van der Waals surface area contributed by atoms with Gasteiger partial charge in [0.05, 0.1) is 24.3 Å². The molecule has 5 nitrogen and oxygen atoms in total. The van der Waals surface area contributed by atoms with Gasteiger partial charge in [0.25, 0.3) is 5.82 Å². The normalized spacial score (nSPS) is 11.3. The van der Waals surface area contributed by atoms with Crippen molar-refractivity contribution in [3.05, 3.63) is 53.7 Å². The van der Waals surface area contributed by atoms with E-state index in [-0.39, 0.29) is 0 Å². The molecule has 0 unspecified atom stereocenters. The minimum atomic E-state index is 0.684. The molecule has 2 N–H and O–H groups in total. The molecule has 0 spiro atoms. The fourth-order valence-corrected chi connectivity index (χ4v) is 2.87. The van der Waals surface area contributed by atoms with E-state index in [9.17, 15) is 0 Å². The quantitative estimate of drug-likeness (QED) is 0.553. The minimum Gasteiger partial charge on any atom is -0.350 e. The summed E-state index contributed by atoms with van der Waals surface area (Å²) in [6.07, 6.45) is 3.76. The summed E-state index contributed by atoms with van der Waals surface area (Å²) in [6, 6.07) is 9.68. The molecule has 2 aromatic heterocycles. The third-order valence-corrected chi connectivity index (χ3v) is 4.16. The smallest absolute Gasteiger partial charge is 0.295 e. The Morgan fingerprint density at radius 1 is 1.22 bits per heavy atom. The van der Waals surface area contributed by atoms with Crippen LogP contribution >= 0.6 is 11.6 Å². The summed E-state index contributed by atoms with van der Waals surface area (Å²) in [6.45, 7) is 1.98. The lowest BCUT2D eigenvalue weighted by Gasteiger charge is -2.09. The van der Waals surface area contributed by atoms with Gasteiger partial charge in [0.2, 0.25) is 5.52 Å². The van der Waals surface area contributed by atoms with Crippen LogP contribution in [-0.4, -0.2) is 15.0 Å². The number of nitrogens with zero attached hydrogens (tertiary/aromatic N) is 3. The van der Waals surface area contributed by atoms with Crippen molar-refractivity contribution >= 4 is 44.9 Å². The van der Waals surface area contributed by atoms with Crippen LogP contribution in [0.2, 0.25) is 5.02 Å². The molecular formula is C17H15ClN5+. The van der Waals surface area contributed by atoms with E-state index in [1.165, 1.54) is 0 Å². The van der Waals surface area contributed by atoms with Crippen LogP contribution in [0.1, 0.15) is 5.82 Å². The predicted octanol–water partition coefficient (Wildman–Crippen LogP) is 3.64. The number of hydrogen-bond donors (Lipinski definition) is 2. The Hall–Kier alpha value is -2.66. The van der Waals surface area contributed by atoms with Crippen molar-refractivity contribution in [1.29, 1.82) is 0 Å². The molecule has 0 amide bonds. The molecule has 0 radical (unpaired) electrons. The van der Waals surface area contributed by atoms with Gasteiger partial charge in [-0.15, -0.1) is 0 Å². The first-order chi connectivity index (χ1) is 11.1. The number of anilines is 2. The highest BCUT2D eigenvalue weighted by molar-refractivity contribution is 6.30. The lowest BCUT2D eigenvalue weighted by atomic mass is 10.1. The number of halogens is 1. The van der Waals surface area contributed by atoms with Gasteiger partial charge in [-0.05, 0) is 29.2 Å². The number of aryl methyl sites for hydroxylation is 2. The van der Waals surface area contributed by atoms with Crippen LogP contribution in [0.3, 0.4) is 0 Å². The Bertz CT molecular complexity index is 1040. The van der Waals surface area contributed by atoms with Crippen LogP contribution in [0.4, 0.5) is 11.4 Å². The second-order valence-electron chi connectivity index (χ2n) is 5.52. The molecule has 0 aliphatic carbocycles. The van der Waals surface area contributed by atoms with Crippen molar-refractivity contribution < 1.29 is 4.57 Å². The van der Waals surface area contributed by atoms with Gasteiger partial charge in [0, 0.05) is 17.6 Å². The first-order valence-corrected chi connectivity index (χ1v) is 7.65. The molecule has 6 heteroatoms. The van der Waals surface area contributed by atoms with Crippen LogP contribution < -0.4 is 9.88 Å². The Kier molecular flexibility index (Phi) is 3.16. The van der Waals surface area contributed by atoms with Gasteiger partial charge in [-0.2, -0.15) is 0 Å². The SMILES string of the molecule is Cc1nc2c(Nc3cccc(Cl)c3)c3nc[nH]c3cc2c[n+]1C. The van der Waals surface area contributed by atoms with E-state index in [4.69, 9.17) is 16.6 Å². The summed E-state index contributed by atoms with van der Waals surface area (Å²) >= 11 is 6.09. The Morgan fingerprint density at radius 2 is 2.09 bits per heavy atom. The summed E-state index contributed by atoms with van der Waals surface area (Å²) in [4.78, 5) is 12.3. The molecule has 0 saturated heterocycles. The van der Waals surface area contributed by atoms with Crippen molar-refractivity contribution in [1.82, 2.24) is 15.0 Å². The van der Waals surface area contributed by atoms with Crippen molar-refractivity contribution in [2.45, 2.75) is 6.92 Å². The Balaban J connectivity index is 2.00. The third kappa shape index (κ3) is 2.39. The largest absolute Gasteiger partial charge is 0.350 e. The van der Waals surface area contributed by atoms with Crippen molar-refractivity contribution in [2.75, 3.05) is 5.32 Å². The molecule has 4 rings (SSSR count). The maximum Gasteiger partial charge on any atom is 0.295 e. The maximum absolute atomic E-state index is 6.09. The summed E-state index contributed by atoms with van der Waals surface area (Å²) in [7, 11) is 1.99. The number of imidazole rings is 1. The van der Waals surface area contributed by atoms with Crippen molar-refractivity contribution in [3.8, 4) is 0 Å². The molecule has 23 heavy (non-hydrogen) atoms. The van der Waals surface area contributed by atoms with E-state index in [0.717, 1.165) is 39.1 Å². The number of aromatic amines is 1. The monoisotopic (exact) mass is 324 g/mol. The van der Waals surface area contributed by atoms with E-state index >= 15 is 0 Å². The first-order valence-electron chi connectivity index (χ1n) is 7.27. The van der Waals surface area contributed by atoms with Crippen LogP contribution in [0, 0.1) is 6.92 Å². The first kappa shape index (κ1) is 14.0. The van der Waals surface area contributed by atoms with Gasteiger partial charge in [-0.3, -0.25) is 0 Å². The van der Waals surface area contributed by atoms with Gasteiger partial charge in [-0.1, -0.05) is 17.7 Å². The van der Waals surface area contributed by atoms with E-state index in [1.54, 1.807) is 6.33 Å². The lowest BCUT2D eigenvalue weighted by Crippen LogP contribution is -2.32. The molecule has 0 atom stereocenters. The van der Waals surface area contributed by atoms with Crippen molar-refractivity contribution in [2.24, 2.45) is 7.05 Å². The van der Waals surface area contributed by atoms with Gasteiger partial charge < -0.3 is 10.3 Å². The van der Waals surface area contributed by atoms with Gasteiger partial charge in [-0.25, -0.2) is 9.55 Å². The molecule has 2 heterocycles. The molecule has 4 aromatic rings. The summed E-state index contributed by atoms with van der Waals surface area (Å²) in [5, 5.41) is 5.15. The van der Waals surface area contributed by atoms with Crippen LogP contribution in [0.5, 0.6) is 0 Å². The molecule has 0 saturated carbocycles.